The molecule has 7 nitrogen and oxygen atoms in total. The standard InChI is InChI=1S/C30H27FN6O/c1-18-9-19(11-22(31)10-18)24-5-4-6-27-25(24)14-28(34-27)29-26-13-21(16-33-30(26)36-35-29)20-12-23(17-32-15-20)38-8-7-37(2)3/h4-6,9-17,34H,7-8H2,1-3H3,(H,33,35,36). The number of rotatable bonds is 7. The van der Waals surface area contributed by atoms with Crippen molar-refractivity contribution in [1.82, 2.24) is 30.0 Å². The third kappa shape index (κ3) is 4.62. The Balaban J connectivity index is 1.38. The molecule has 0 unspecified atom stereocenters. The van der Waals surface area contributed by atoms with Gasteiger partial charge in [0, 0.05) is 46.4 Å². The minimum absolute atomic E-state index is 0.244. The number of aromatic nitrogens is 5. The van der Waals surface area contributed by atoms with E-state index in [1.165, 1.54) is 6.07 Å². The van der Waals surface area contributed by atoms with Crippen molar-refractivity contribution in [3.05, 3.63) is 84.6 Å². The van der Waals surface area contributed by atoms with Gasteiger partial charge in [-0.05, 0) is 74.1 Å². The fraction of sp³-hybridized carbons (Fsp3) is 0.167. The molecule has 190 valence electrons. The van der Waals surface area contributed by atoms with E-state index >= 15 is 0 Å². The number of hydrogen-bond acceptors (Lipinski definition) is 5. The van der Waals surface area contributed by atoms with E-state index in [1.807, 2.05) is 51.4 Å². The van der Waals surface area contributed by atoms with Crippen LogP contribution in [0.3, 0.4) is 0 Å². The van der Waals surface area contributed by atoms with Crippen LogP contribution in [0, 0.1) is 12.7 Å². The quantitative estimate of drug-likeness (QED) is 0.268. The Morgan fingerprint density at radius 1 is 0.921 bits per heavy atom. The van der Waals surface area contributed by atoms with Crippen LogP contribution in [0.1, 0.15) is 5.56 Å². The number of aryl methyl sites for hydroxylation is 1. The molecule has 4 aromatic heterocycles. The lowest BCUT2D eigenvalue weighted by Crippen LogP contribution is -2.19. The molecule has 0 amide bonds. The van der Waals surface area contributed by atoms with Gasteiger partial charge in [-0.2, -0.15) is 5.10 Å². The van der Waals surface area contributed by atoms with E-state index < -0.39 is 0 Å². The number of fused-ring (bicyclic) bond motifs is 2. The molecule has 2 aromatic carbocycles. The first-order chi connectivity index (χ1) is 18.4. The van der Waals surface area contributed by atoms with Crippen LogP contribution < -0.4 is 4.74 Å². The number of likely N-dealkylation sites (N-methyl/N-ethyl adjacent to an activating group) is 1. The van der Waals surface area contributed by atoms with Gasteiger partial charge < -0.3 is 14.6 Å². The van der Waals surface area contributed by atoms with Gasteiger partial charge in [-0.15, -0.1) is 0 Å². The first kappa shape index (κ1) is 23.8. The molecule has 2 N–H and O–H groups in total. The minimum atomic E-state index is -0.244. The number of nitrogens with one attached hydrogen (secondary N) is 2. The monoisotopic (exact) mass is 506 g/mol. The number of ether oxygens (including phenoxy) is 1. The molecule has 4 heterocycles. The summed E-state index contributed by atoms with van der Waals surface area (Å²) in [6.07, 6.45) is 5.33. The molecule has 6 rings (SSSR count). The van der Waals surface area contributed by atoms with E-state index in [1.54, 1.807) is 24.7 Å². The fourth-order valence-electron chi connectivity index (χ4n) is 4.69. The molecule has 0 radical (unpaired) electrons. The van der Waals surface area contributed by atoms with Gasteiger partial charge in [0.05, 0.1) is 11.9 Å². The Labute approximate surface area is 219 Å². The summed E-state index contributed by atoms with van der Waals surface area (Å²) in [5, 5.41) is 9.51. The van der Waals surface area contributed by atoms with Crippen LogP contribution in [-0.2, 0) is 0 Å². The summed E-state index contributed by atoms with van der Waals surface area (Å²) < 4.78 is 20.0. The summed E-state index contributed by atoms with van der Waals surface area (Å²) in [6.45, 7) is 3.30. The molecule has 0 saturated carbocycles. The maximum Gasteiger partial charge on any atom is 0.155 e. The maximum absolute atomic E-state index is 14.2. The van der Waals surface area contributed by atoms with Crippen LogP contribution in [0.25, 0.3) is 55.6 Å². The highest BCUT2D eigenvalue weighted by Gasteiger charge is 2.16. The average molecular weight is 507 g/mol. The van der Waals surface area contributed by atoms with Gasteiger partial charge in [0.15, 0.2) is 5.65 Å². The van der Waals surface area contributed by atoms with Gasteiger partial charge in [0.25, 0.3) is 0 Å². The van der Waals surface area contributed by atoms with E-state index in [-0.39, 0.29) is 5.82 Å². The highest BCUT2D eigenvalue weighted by atomic mass is 19.1. The summed E-state index contributed by atoms with van der Waals surface area (Å²) in [6, 6.07) is 17.2. The van der Waals surface area contributed by atoms with E-state index in [2.05, 4.69) is 42.2 Å². The van der Waals surface area contributed by atoms with Crippen LogP contribution in [0.15, 0.2) is 73.2 Å². The van der Waals surface area contributed by atoms with Gasteiger partial charge in [-0.3, -0.25) is 10.1 Å². The summed E-state index contributed by atoms with van der Waals surface area (Å²) in [7, 11) is 4.02. The smallest absolute Gasteiger partial charge is 0.155 e. The SMILES string of the molecule is Cc1cc(F)cc(-c2cccc3[nH]c(-c4n[nH]c5ncc(-c6cncc(OCCN(C)C)c6)cc45)cc23)c1. The second kappa shape index (κ2) is 9.72. The lowest BCUT2D eigenvalue weighted by molar-refractivity contribution is 0.261. The molecular weight excluding hydrogens is 479 g/mol. The summed E-state index contributed by atoms with van der Waals surface area (Å²) in [4.78, 5) is 14.5. The number of benzene rings is 2. The van der Waals surface area contributed by atoms with Gasteiger partial charge >= 0.3 is 0 Å². The predicted octanol–water partition coefficient (Wildman–Crippen LogP) is 6.22. The van der Waals surface area contributed by atoms with Crippen LogP contribution in [0.4, 0.5) is 4.39 Å². The van der Waals surface area contributed by atoms with Crippen molar-refractivity contribution in [2.24, 2.45) is 0 Å². The molecule has 0 bridgehead atoms. The summed E-state index contributed by atoms with van der Waals surface area (Å²) in [5.74, 6) is 0.471. The van der Waals surface area contributed by atoms with Crippen molar-refractivity contribution in [3.8, 4) is 39.4 Å². The van der Waals surface area contributed by atoms with Gasteiger partial charge in [-0.1, -0.05) is 18.2 Å². The molecule has 0 spiro atoms. The predicted molar refractivity (Wildman–Crippen MR) is 149 cm³/mol. The number of H-pyrrole nitrogens is 2. The van der Waals surface area contributed by atoms with Gasteiger partial charge in [0.1, 0.15) is 23.9 Å². The Kier molecular flexibility index (Phi) is 6.09. The van der Waals surface area contributed by atoms with Crippen LogP contribution in [0.2, 0.25) is 0 Å². The summed E-state index contributed by atoms with van der Waals surface area (Å²) >= 11 is 0. The number of nitrogens with zero attached hydrogens (tertiary/aromatic N) is 4. The maximum atomic E-state index is 14.2. The molecule has 38 heavy (non-hydrogen) atoms. The van der Waals surface area contributed by atoms with E-state index in [0.29, 0.717) is 18.0 Å². The van der Waals surface area contributed by atoms with Crippen molar-refractivity contribution < 1.29 is 9.13 Å². The van der Waals surface area contributed by atoms with E-state index in [9.17, 15) is 4.39 Å². The number of halogens is 1. The van der Waals surface area contributed by atoms with Gasteiger partial charge in [-0.25, -0.2) is 9.37 Å². The average Bonchev–Trinajstić information content (AvgIpc) is 3.51. The lowest BCUT2D eigenvalue weighted by Gasteiger charge is -2.11. The first-order valence-electron chi connectivity index (χ1n) is 12.4. The second-order valence-electron chi connectivity index (χ2n) is 9.72. The zero-order valence-electron chi connectivity index (χ0n) is 21.4. The van der Waals surface area contributed by atoms with Crippen LogP contribution in [0.5, 0.6) is 5.75 Å². The normalized spacial score (nSPS) is 11.6. The highest BCUT2D eigenvalue weighted by molar-refractivity contribution is 6.01. The molecule has 0 aliphatic rings. The molecule has 6 aromatic rings. The topological polar surface area (TPSA) is 82.7 Å². The highest BCUT2D eigenvalue weighted by Crippen LogP contribution is 2.35. The molecule has 0 aliphatic carbocycles. The van der Waals surface area contributed by atoms with Crippen molar-refractivity contribution in [2.75, 3.05) is 27.2 Å². The molecule has 0 saturated heterocycles. The second-order valence-corrected chi connectivity index (χ2v) is 9.72. The Morgan fingerprint density at radius 2 is 1.79 bits per heavy atom. The molecule has 0 fully saturated rings. The number of aromatic amines is 2. The molecular formula is C30H27FN6O. The number of hydrogen-bond donors (Lipinski definition) is 2. The zero-order valence-corrected chi connectivity index (χ0v) is 21.4. The minimum Gasteiger partial charge on any atom is -0.491 e. The molecule has 0 atom stereocenters. The van der Waals surface area contributed by atoms with Gasteiger partial charge in [0.2, 0.25) is 0 Å². The van der Waals surface area contributed by atoms with Crippen molar-refractivity contribution in [1.29, 1.82) is 0 Å². The van der Waals surface area contributed by atoms with Crippen LogP contribution >= 0.6 is 0 Å². The van der Waals surface area contributed by atoms with Crippen molar-refractivity contribution in [2.45, 2.75) is 6.92 Å². The van der Waals surface area contributed by atoms with Crippen molar-refractivity contribution >= 4 is 21.9 Å². The third-order valence-electron chi connectivity index (χ3n) is 6.54. The number of pyridine rings is 2. The third-order valence-corrected chi connectivity index (χ3v) is 6.54. The van der Waals surface area contributed by atoms with Crippen LogP contribution in [-0.4, -0.2) is 57.3 Å². The molecule has 8 heteroatoms. The largest absolute Gasteiger partial charge is 0.491 e. The Morgan fingerprint density at radius 3 is 2.63 bits per heavy atom. The van der Waals surface area contributed by atoms with Crippen molar-refractivity contribution in [3.63, 3.8) is 0 Å². The molecule has 0 aliphatic heterocycles. The first-order valence-corrected chi connectivity index (χ1v) is 12.4. The van der Waals surface area contributed by atoms with E-state index in [0.717, 1.165) is 62.0 Å². The fourth-order valence-corrected chi connectivity index (χ4v) is 4.69. The Hall–Kier alpha value is -4.56. The van der Waals surface area contributed by atoms with E-state index in [4.69, 9.17) is 4.74 Å². The Bertz CT molecular complexity index is 1750. The summed E-state index contributed by atoms with van der Waals surface area (Å²) in [5.41, 5.74) is 7.76. The zero-order chi connectivity index (χ0) is 26.2. The lowest BCUT2D eigenvalue weighted by atomic mass is 9.99.